The third-order valence-corrected chi connectivity index (χ3v) is 10.7. The van der Waals surface area contributed by atoms with Crippen LogP contribution in [-0.4, -0.2) is 76.8 Å². The maximum Gasteiger partial charge on any atom is 0.573 e. The number of likely N-dealkylation sites (N-methyl/N-ethyl adjacent to an activating group) is 1. The molecule has 55 heavy (non-hydrogen) atoms. The van der Waals surface area contributed by atoms with Gasteiger partial charge in [0.2, 0.25) is 5.13 Å². The molecule has 2 fully saturated rings. The maximum atomic E-state index is 12.9. The number of anilines is 3. The number of halogens is 3. The van der Waals surface area contributed by atoms with Crippen molar-refractivity contribution in [2.75, 3.05) is 50.1 Å². The first-order valence-electron chi connectivity index (χ1n) is 18.0. The second-order valence-corrected chi connectivity index (χ2v) is 14.4. The molecule has 0 spiro atoms. The topological polar surface area (TPSA) is 107 Å². The summed E-state index contributed by atoms with van der Waals surface area (Å²) in [6.07, 6.45) is -2.76. The minimum Gasteiger partial charge on any atom is -0.489 e. The van der Waals surface area contributed by atoms with Crippen LogP contribution in [0, 0.1) is 0 Å². The fourth-order valence-electron chi connectivity index (χ4n) is 6.82. The van der Waals surface area contributed by atoms with Crippen molar-refractivity contribution in [1.82, 2.24) is 24.6 Å². The number of alkyl halides is 3. The van der Waals surface area contributed by atoms with Crippen LogP contribution in [0.2, 0.25) is 0 Å². The molecule has 1 N–H and O–H groups in total. The third-order valence-electron chi connectivity index (χ3n) is 9.81. The van der Waals surface area contributed by atoms with Gasteiger partial charge in [-0.3, -0.25) is 0 Å². The minimum atomic E-state index is -4.76. The van der Waals surface area contributed by atoms with Gasteiger partial charge in [-0.05, 0) is 86.1 Å². The van der Waals surface area contributed by atoms with Crippen LogP contribution in [0.15, 0.2) is 84.9 Å². The van der Waals surface area contributed by atoms with Gasteiger partial charge in [-0.15, -0.1) is 23.4 Å². The molecule has 2 aliphatic rings. The smallest absolute Gasteiger partial charge is 0.489 e. The van der Waals surface area contributed by atoms with Crippen LogP contribution in [0.5, 0.6) is 11.5 Å². The van der Waals surface area contributed by atoms with Crippen molar-refractivity contribution >= 4 is 44.8 Å². The van der Waals surface area contributed by atoms with Gasteiger partial charge in [0, 0.05) is 48.9 Å². The van der Waals surface area contributed by atoms with Crippen molar-refractivity contribution in [3.8, 4) is 33.5 Å². The summed E-state index contributed by atoms with van der Waals surface area (Å²) in [6, 6.07) is 25.1. The number of benzene rings is 4. The van der Waals surface area contributed by atoms with E-state index < -0.39 is 12.3 Å². The van der Waals surface area contributed by atoms with Crippen LogP contribution in [0.1, 0.15) is 41.7 Å². The first-order chi connectivity index (χ1) is 26.7. The summed E-state index contributed by atoms with van der Waals surface area (Å²) in [7, 11) is 1.35. The molecule has 2 aromatic heterocycles. The SMILES string of the molecule is CCN1CCN(c2cc3c(cc2Nc2nnc(-c4ccc(OCc5ccccc5C(=O)OC)cc4)s2)nc(-c2ccc(OC(F)(F)F)cc2)n3C2CC2)CC1. The van der Waals surface area contributed by atoms with E-state index in [-0.39, 0.29) is 18.4 Å². The molecule has 284 valence electrons. The highest BCUT2D eigenvalue weighted by Gasteiger charge is 2.32. The number of fused-ring (bicyclic) bond motifs is 1. The van der Waals surface area contributed by atoms with Crippen molar-refractivity contribution in [1.29, 1.82) is 0 Å². The highest BCUT2D eigenvalue weighted by molar-refractivity contribution is 7.18. The molecule has 4 aromatic carbocycles. The number of piperazine rings is 1. The van der Waals surface area contributed by atoms with Gasteiger partial charge in [0.1, 0.15) is 28.9 Å². The van der Waals surface area contributed by atoms with Crippen molar-refractivity contribution in [2.24, 2.45) is 0 Å². The number of methoxy groups -OCH3 is 1. The molecule has 0 amide bonds. The summed E-state index contributed by atoms with van der Waals surface area (Å²) in [6.45, 7) is 6.95. The van der Waals surface area contributed by atoms with E-state index in [1.165, 1.54) is 30.6 Å². The van der Waals surface area contributed by atoms with Gasteiger partial charge in [0.15, 0.2) is 0 Å². The van der Waals surface area contributed by atoms with Gasteiger partial charge in [-0.25, -0.2) is 9.78 Å². The lowest BCUT2D eigenvalue weighted by Gasteiger charge is -2.36. The monoisotopic (exact) mass is 769 g/mol. The number of carbonyl (C=O) groups is 1. The molecule has 1 saturated heterocycles. The standard InChI is InChI=1S/C40H38F3N7O4S/c1-3-48-18-20-49(21-19-48)34-23-35-33(44-36(50(35)28-12-13-28)25-8-16-30(17-9-25)54-40(41,42)43)22-32(34)45-39-47-46-37(55-39)26-10-14-29(15-11-26)53-24-27-6-4-5-7-31(27)38(51)52-2/h4-11,14-17,22-23,28H,3,12-13,18-21,24H2,1-2H3,(H,45,47). The molecule has 0 unspecified atom stereocenters. The maximum absolute atomic E-state index is 12.9. The van der Waals surface area contributed by atoms with Gasteiger partial charge >= 0.3 is 12.3 Å². The molecule has 0 bridgehead atoms. The van der Waals surface area contributed by atoms with Crippen LogP contribution < -0.4 is 19.7 Å². The van der Waals surface area contributed by atoms with Crippen LogP contribution in [0.3, 0.4) is 0 Å². The van der Waals surface area contributed by atoms with E-state index in [0.717, 1.165) is 84.1 Å². The molecule has 0 atom stereocenters. The molecule has 1 saturated carbocycles. The molecule has 1 aliphatic carbocycles. The third kappa shape index (κ3) is 8.08. The zero-order valence-corrected chi connectivity index (χ0v) is 31.0. The molecule has 0 radical (unpaired) electrons. The van der Waals surface area contributed by atoms with E-state index in [1.54, 1.807) is 24.3 Å². The summed E-state index contributed by atoms with van der Waals surface area (Å²) in [5.74, 6) is 0.659. The summed E-state index contributed by atoms with van der Waals surface area (Å²) in [5, 5.41) is 13.9. The summed E-state index contributed by atoms with van der Waals surface area (Å²) >= 11 is 1.42. The average molecular weight is 770 g/mol. The Morgan fingerprint density at radius 1 is 0.909 bits per heavy atom. The van der Waals surface area contributed by atoms with Crippen LogP contribution >= 0.6 is 11.3 Å². The normalized spacial score (nSPS) is 15.0. The predicted molar refractivity (Wildman–Crippen MR) is 205 cm³/mol. The van der Waals surface area contributed by atoms with Gasteiger partial charge in [-0.1, -0.05) is 36.5 Å². The number of esters is 1. The van der Waals surface area contributed by atoms with E-state index >= 15 is 0 Å². The van der Waals surface area contributed by atoms with E-state index in [2.05, 4.69) is 47.6 Å². The largest absolute Gasteiger partial charge is 0.573 e. The summed E-state index contributed by atoms with van der Waals surface area (Å²) < 4.78 is 55.8. The Morgan fingerprint density at radius 2 is 1.62 bits per heavy atom. The highest BCUT2D eigenvalue weighted by atomic mass is 32.1. The molecule has 11 nitrogen and oxygen atoms in total. The van der Waals surface area contributed by atoms with Gasteiger partial charge in [-0.2, -0.15) is 0 Å². The fourth-order valence-corrected chi connectivity index (χ4v) is 7.59. The first kappa shape index (κ1) is 36.3. The Hall–Kier alpha value is -5.67. The lowest BCUT2D eigenvalue weighted by molar-refractivity contribution is -0.274. The highest BCUT2D eigenvalue weighted by Crippen LogP contribution is 2.44. The van der Waals surface area contributed by atoms with Crippen molar-refractivity contribution in [3.05, 3.63) is 96.1 Å². The van der Waals surface area contributed by atoms with Crippen LogP contribution in [-0.2, 0) is 11.3 Å². The molecule has 3 heterocycles. The lowest BCUT2D eigenvalue weighted by atomic mass is 10.1. The van der Waals surface area contributed by atoms with Crippen LogP contribution in [0.25, 0.3) is 33.0 Å². The molecular weight excluding hydrogens is 732 g/mol. The van der Waals surface area contributed by atoms with E-state index in [0.29, 0.717) is 27.8 Å². The molecule has 6 aromatic rings. The van der Waals surface area contributed by atoms with Crippen molar-refractivity contribution in [3.63, 3.8) is 0 Å². The van der Waals surface area contributed by atoms with Crippen molar-refractivity contribution in [2.45, 2.75) is 38.8 Å². The number of rotatable bonds is 12. The van der Waals surface area contributed by atoms with Crippen LogP contribution in [0.4, 0.5) is 29.7 Å². The zero-order valence-electron chi connectivity index (χ0n) is 30.2. The summed E-state index contributed by atoms with van der Waals surface area (Å²) in [4.78, 5) is 22.0. The minimum absolute atomic E-state index is 0.210. The lowest BCUT2D eigenvalue weighted by Crippen LogP contribution is -2.46. The van der Waals surface area contributed by atoms with E-state index in [9.17, 15) is 18.0 Å². The average Bonchev–Trinajstić information content (AvgIpc) is 3.81. The van der Waals surface area contributed by atoms with Gasteiger partial charge in [0.25, 0.3) is 0 Å². The second-order valence-electron chi connectivity index (χ2n) is 13.4. The molecular formula is C40H38F3N7O4S. The molecule has 15 heteroatoms. The number of aromatic nitrogens is 4. The second kappa shape index (κ2) is 15.2. The quantitative estimate of drug-likeness (QED) is 0.122. The predicted octanol–water partition coefficient (Wildman–Crippen LogP) is 8.71. The number of nitrogens with zero attached hydrogens (tertiary/aromatic N) is 6. The molecule has 8 rings (SSSR count). The van der Waals surface area contributed by atoms with E-state index in [1.807, 2.05) is 42.5 Å². The van der Waals surface area contributed by atoms with Gasteiger partial charge in [0.05, 0.1) is 35.1 Å². The number of imidazole rings is 1. The Kier molecular flexibility index (Phi) is 10.1. The number of hydrogen-bond acceptors (Lipinski definition) is 11. The Labute approximate surface area is 319 Å². The summed E-state index contributed by atoms with van der Waals surface area (Å²) in [5.41, 5.74) is 6.39. The van der Waals surface area contributed by atoms with Gasteiger partial charge < -0.3 is 33.9 Å². The zero-order chi connectivity index (χ0) is 38.1. The number of ether oxygens (including phenoxy) is 3. The first-order valence-corrected chi connectivity index (χ1v) is 18.9. The fraction of sp³-hybridized carbons (Fsp3) is 0.300. The number of nitrogens with one attached hydrogen (secondary N) is 1. The molecule has 1 aliphatic heterocycles. The Morgan fingerprint density at radius 3 is 2.31 bits per heavy atom. The number of hydrogen-bond donors (Lipinski definition) is 1. The Balaban J connectivity index is 1.06. The Bertz CT molecular complexity index is 2300. The van der Waals surface area contributed by atoms with Crippen molar-refractivity contribution < 1.29 is 32.2 Å². The number of carbonyl (C=O) groups excluding carboxylic acids is 1. The van der Waals surface area contributed by atoms with E-state index in [4.69, 9.17) is 14.5 Å².